The van der Waals surface area contributed by atoms with Crippen LogP contribution in [0.3, 0.4) is 0 Å². The molecular weight excluding hydrogens is 339 g/mol. The second-order valence-corrected chi connectivity index (χ2v) is 7.36. The highest BCUT2D eigenvalue weighted by Gasteiger charge is 2.42. The van der Waals surface area contributed by atoms with Gasteiger partial charge in [-0.25, -0.2) is 4.98 Å². The first-order valence-corrected chi connectivity index (χ1v) is 8.49. The lowest BCUT2D eigenvalue weighted by Gasteiger charge is -2.20. The van der Waals surface area contributed by atoms with Crippen molar-refractivity contribution in [1.29, 1.82) is 0 Å². The SMILES string of the molecule is Nc1ncc(-c2cc3n(n2)CCC32CCNC2)cc1SC(F)(F)F. The largest absolute Gasteiger partial charge is 0.446 e. The van der Waals surface area contributed by atoms with Gasteiger partial charge in [0.15, 0.2) is 0 Å². The van der Waals surface area contributed by atoms with Gasteiger partial charge in [0.2, 0.25) is 0 Å². The van der Waals surface area contributed by atoms with Crippen LogP contribution < -0.4 is 11.1 Å². The molecule has 0 saturated carbocycles. The summed E-state index contributed by atoms with van der Waals surface area (Å²) in [6.45, 7) is 2.74. The lowest BCUT2D eigenvalue weighted by molar-refractivity contribution is -0.0328. The summed E-state index contributed by atoms with van der Waals surface area (Å²) in [5.74, 6) is -0.121. The van der Waals surface area contributed by atoms with Crippen molar-refractivity contribution in [3.8, 4) is 11.3 Å². The molecule has 9 heteroatoms. The van der Waals surface area contributed by atoms with Gasteiger partial charge in [0.05, 0.1) is 10.6 Å². The van der Waals surface area contributed by atoms with Crippen LogP contribution in [0.15, 0.2) is 23.2 Å². The normalized spacial score (nSPS) is 23.1. The molecule has 2 aromatic heterocycles. The van der Waals surface area contributed by atoms with Crippen LogP contribution in [0.2, 0.25) is 0 Å². The average molecular weight is 355 g/mol. The van der Waals surface area contributed by atoms with Crippen LogP contribution >= 0.6 is 11.8 Å². The van der Waals surface area contributed by atoms with Crippen LogP contribution in [0, 0.1) is 0 Å². The molecule has 1 saturated heterocycles. The number of thioether (sulfide) groups is 1. The van der Waals surface area contributed by atoms with Crippen LogP contribution in [-0.4, -0.2) is 33.4 Å². The summed E-state index contributed by atoms with van der Waals surface area (Å²) < 4.78 is 39.9. The summed E-state index contributed by atoms with van der Waals surface area (Å²) in [6.07, 6.45) is 3.60. The van der Waals surface area contributed by atoms with Crippen LogP contribution in [0.4, 0.5) is 19.0 Å². The van der Waals surface area contributed by atoms with Crippen molar-refractivity contribution in [3.05, 3.63) is 24.0 Å². The molecule has 4 rings (SSSR count). The summed E-state index contributed by atoms with van der Waals surface area (Å²) >= 11 is -0.246. The minimum absolute atomic E-state index is 0.0922. The van der Waals surface area contributed by atoms with Gasteiger partial charge >= 0.3 is 5.51 Å². The van der Waals surface area contributed by atoms with Crippen molar-refractivity contribution in [1.82, 2.24) is 20.1 Å². The molecule has 24 heavy (non-hydrogen) atoms. The van der Waals surface area contributed by atoms with E-state index in [4.69, 9.17) is 5.73 Å². The first kappa shape index (κ1) is 15.8. The Hall–Kier alpha value is -1.74. The van der Waals surface area contributed by atoms with Crippen molar-refractivity contribution >= 4 is 17.6 Å². The fourth-order valence-corrected chi connectivity index (χ4v) is 4.17. The lowest BCUT2D eigenvalue weighted by atomic mass is 9.82. The van der Waals surface area contributed by atoms with Crippen molar-refractivity contribution in [2.45, 2.75) is 35.2 Å². The molecule has 1 atom stereocenters. The third kappa shape index (κ3) is 2.65. The number of fused-ring (bicyclic) bond motifs is 2. The van der Waals surface area contributed by atoms with Crippen molar-refractivity contribution < 1.29 is 13.2 Å². The zero-order chi connectivity index (χ0) is 16.9. The van der Waals surface area contributed by atoms with Crippen LogP contribution in [-0.2, 0) is 12.0 Å². The van der Waals surface area contributed by atoms with Gasteiger partial charge in [0, 0.05) is 36.0 Å². The first-order valence-electron chi connectivity index (χ1n) is 7.67. The predicted molar refractivity (Wildman–Crippen MR) is 85.6 cm³/mol. The van der Waals surface area contributed by atoms with Crippen molar-refractivity contribution in [2.75, 3.05) is 18.8 Å². The Morgan fingerprint density at radius 1 is 1.29 bits per heavy atom. The Balaban J connectivity index is 1.69. The highest BCUT2D eigenvalue weighted by Crippen LogP contribution is 2.43. The van der Waals surface area contributed by atoms with Crippen LogP contribution in [0.5, 0.6) is 0 Å². The summed E-state index contributed by atoms with van der Waals surface area (Å²) in [4.78, 5) is 3.81. The molecule has 0 aromatic carbocycles. The zero-order valence-electron chi connectivity index (χ0n) is 12.7. The molecule has 1 unspecified atom stereocenters. The highest BCUT2D eigenvalue weighted by molar-refractivity contribution is 8.00. The topological polar surface area (TPSA) is 68.8 Å². The number of rotatable bonds is 2. The van der Waals surface area contributed by atoms with E-state index >= 15 is 0 Å². The Morgan fingerprint density at radius 3 is 2.83 bits per heavy atom. The molecule has 0 aliphatic carbocycles. The zero-order valence-corrected chi connectivity index (χ0v) is 13.5. The number of nitrogen functional groups attached to an aromatic ring is 1. The minimum Gasteiger partial charge on any atom is -0.383 e. The summed E-state index contributed by atoms with van der Waals surface area (Å²) in [5.41, 5.74) is 3.64. The quantitative estimate of drug-likeness (QED) is 0.811. The number of pyridine rings is 1. The molecule has 2 aromatic rings. The van der Waals surface area contributed by atoms with E-state index in [9.17, 15) is 13.2 Å². The minimum atomic E-state index is -4.40. The Morgan fingerprint density at radius 2 is 2.12 bits per heavy atom. The molecular formula is C15H16F3N5S. The van der Waals surface area contributed by atoms with E-state index in [2.05, 4.69) is 15.4 Å². The molecule has 1 spiro atoms. The van der Waals surface area contributed by atoms with Crippen molar-refractivity contribution in [2.24, 2.45) is 0 Å². The molecule has 1 fully saturated rings. The van der Waals surface area contributed by atoms with E-state index in [1.54, 1.807) is 0 Å². The molecule has 4 heterocycles. The Kier molecular flexibility index (Phi) is 3.54. The van der Waals surface area contributed by atoms with E-state index < -0.39 is 5.51 Å². The number of aromatic nitrogens is 3. The number of hydrogen-bond donors (Lipinski definition) is 2. The summed E-state index contributed by atoms with van der Waals surface area (Å²) in [6, 6.07) is 3.40. The average Bonchev–Trinajstić information content (AvgIpc) is 3.19. The second kappa shape index (κ2) is 5.38. The van der Waals surface area contributed by atoms with Gasteiger partial charge in [0.25, 0.3) is 0 Å². The van der Waals surface area contributed by atoms with Gasteiger partial charge in [-0.3, -0.25) is 4.68 Å². The maximum Gasteiger partial charge on any atom is 0.446 e. The third-order valence-corrected chi connectivity index (χ3v) is 5.55. The monoisotopic (exact) mass is 355 g/mol. The fourth-order valence-electron chi connectivity index (χ4n) is 3.58. The lowest BCUT2D eigenvalue weighted by Crippen LogP contribution is -2.25. The van der Waals surface area contributed by atoms with E-state index in [0.29, 0.717) is 11.3 Å². The van der Waals surface area contributed by atoms with E-state index in [-0.39, 0.29) is 27.9 Å². The number of nitrogens with two attached hydrogens (primary N) is 1. The molecule has 3 N–H and O–H groups in total. The maximum absolute atomic E-state index is 12.6. The second-order valence-electron chi connectivity index (χ2n) is 6.25. The van der Waals surface area contributed by atoms with Crippen molar-refractivity contribution in [3.63, 3.8) is 0 Å². The fraction of sp³-hybridized carbons (Fsp3) is 0.467. The van der Waals surface area contributed by atoms with Gasteiger partial charge in [-0.1, -0.05) is 0 Å². The molecule has 128 valence electrons. The number of anilines is 1. The van der Waals surface area contributed by atoms with Crippen LogP contribution in [0.25, 0.3) is 11.3 Å². The van der Waals surface area contributed by atoms with Gasteiger partial charge < -0.3 is 11.1 Å². The van der Waals surface area contributed by atoms with E-state index in [0.717, 1.165) is 38.2 Å². The predicted octanol–water partition coefficient (Wildman–Crippen LogP) is 2.77. The third-order valence-electron chi connectivity index (χ3n) is 4.77. The Bertz CT molecular complexity index is 780. The molecule has 0 amide bonds. The first-order chi connectivity index (χ1) is 11.4. The van der Waals surface area contributed by atoms with E-state index in [1.165, 1.54) is 12.3 Å². The summed E-state index contributed by atoms with van der Waals surface area (Å²) in [5, 5.41) is 7.95. The Labute approximate surface area is 140 Å². The van der Waals surface area contributed by atoms with Gasteiger partial charge in [0.1, 0.15) is 5.82 Å². The van der Waals surface area contributed by atoms with E-state index in [1.807, 2.05) is 10.7 Å². The molecule has 5 nitrogen and oxygen atoms in total. The molecule has 2 aliphatic rings. The number of hydrogen-bond acceptors (Lipinski definition) is 5. The van der Waals surface area contributed by atoms with Gasteiger partial charge in [-0.05, 0) is 43.3 Å². The molecule has 0 radical (unpaired) electrons. The number of halogens is 3. The summed E-state index contributed by atoms with van der Waals surface area (Å²) in [7, 11) is 0. The number of nitrogens with zero attached hydrogens (tertiary/aromatic N) is 3. The molecule has 2 aliphatic heterocycles. The smallest absolute Gasteiger partial charge is 0.383 e. The number of aryl methyl sites for hydroxylation is 1. The van der Waals surface area contributed by atoms with Gasteiger partial charge in [-0.2, -0.15) is 18.3 Å². The number of alkyl halides is 3. The number of nitrogens with one attached hydrogen (secondary N) is 1. The maximum atomic E-state index is 12.6. The van der Waals surface area contributed by atoms with Crippen LogP contribution in [0.1, 0.15) is 18.5 Å². The van der Waals surface area contributed by atoms with Gasteiger partial charge in [-0.15, -0.1) is 0 Å². The molecule has 0 bridgehead atoms. The highest BCUT2D eigenvalue weighted by atomic mass is 32.2. The standard InChI is InChI=1S/C15H16F3N5S/c16-15(17,18)24-11-5-9(7-21-13(11)19)10-6-12-14(1-3-20-8-14)2-4-23(12)22-10/h5-7,20H,1-4,8H2,(H2,19,21).